The van der Waals surface area contributed by atoms with Gasteiger partial charge in [-0.15, -0.1) is 0 Å². The van der Waals surface area contributed by atoms with Crippen molar-refractivity contribution in [1.82, 2.24) is 4.98 Å². The maximum atomic E-state index is 14.5. The van der Waals surface area contributed by atoms with Crippen LogP contribution in [0.15, 0.2) is 30.5 Å². The Bertz CT molecular complexity index is 674. The molecule has 0 aliphatic rings. The van der Waals surface area contributed by atoms with E-state index in [0.29, 0.717) is 6.42 Å². The number of aliphatic hydroxyl groups is 1. The van der Waals surface area contributed by atoms with Crippen molar-refractivity contribution in [2.24, 2.45) is 0 Å². The lowest BCUT2D eigenvalue weighted by Gasteiger charge is -2.13. The van der Waals surface area contributed by atoms with Crippen molar-refractivity contribution in [2.75, 3.05) is 0 Å². The Morgan fingerprint density at radius 1 is 1.33 bits per heavy atom. The van der Waals surface area contributed by atoms with E-state index in [2.05, 4.69) is 4.98 Å². The van der Waals surface area contributed by atoms with Crippen LogP contribution in [-0.2, 0) is 0 Å². The number of aliphatic hydroxyl groups excluding tert-OH is 1. The van der Waals surface area contributed by atoms with Gasteiger partial charge in [0.1, 0.15) is 11.0 Å². The largest absolute Gasteiger partial charge is 0.388 e. The molecule has 1 unspecified atom stereocenters. The maximum Gasteiger partial charge on any atom is 0.199 e. The molecule has 3 nitrogen and oxygen atoms in total. The van der Waals surface area contributed by atoms with E-state index >= 15 is 0 Å². The van der Waals surface area contributed by atoms with Gasteiger partial charge < -0.3 is 5.11 Å². The lowest BCUT2D eigenvalue weighted by molar-refractivity contribution is 0.103. The molecule has 0 spiro atoms. The number of nitrogens with zero attached hydrogens (tertiary/aromatic N) is 1. The van der Waals surface area contributed by atoms with Gasteiger partial charge in [0.15, 0.2) is 5.78 Å². The second-order valence-corrected chi connectivity index (χ2v) is 5.24. The number of carbonyl (C=O) groups excluding carboxylic acids is 1. The van der Waals surface area contributed by atoms with Gasteiger partial charge >= 0.3 is 0 Å². The SMILES string of the molecule is CCC(O)c1ccc(Cl)c(C(=O)c2ccc(Cl)nc2)c1F. The molecular weight excluding hydrogens is 316 g/mol. The Kier molecular flexibility index (Phi) is 4.93. The Morgan fingerprint density at radius 3 is 2.62 bits per heavy atom. The number of aromatic nitrogens is 1. The molecule has 1 N–H and O–H groups in total. The fraction of sp³-hybridized carbons (Fsp3) is 0.200. The van der Waals surface area contributed by atoms with Gasteiger partial charge in [0.2, 0.25) is 0 Å². The van der Waals surface area contributed by atoms with Crippen molar-refractivity contribution < 1.29 is 14.3 Å². The topological polar surface area (TPSA) is 50.2 Å². The predicted molar refractivity (Wildman–Crippen MR) is 79.3 cm³/mol. The number of pyridine rings is 1. The summed E-state index contributed by atoms with van der Waals surface area (Å²) in [6.45, 7) is 1.71. The minimum atomic E-state index is -0.989. The van der Waals surface area contributed by atoms with Gasteiger partial charge in [-0.3, -0.25) is 4.79 Å². The quantitative estimate of drug-likeness (QED) is 0.676. The first kappa shape index (κ1) is 15.9. The van der Waals surface area contributed by atoms with Crippen LogP contribution in [0.4, 0.5) is 4.39 Å². The highest BCUT2D eigenvalue weighted by Gasteiger charge is 2.23. The first-order valence-electron chi connectivity index (χ1n) is 6.28. The molecule has 0 fully saturated rings. The smallest absolute Gasteiger partial charge is 0.199 e. The molecule has 0 radical (unpaired) electrons. The standard InChI is InChI=1S/C15H12Cl2FNO2/c1-2-11(20)9-4-5-10(16)13(14(9)18)15(21)8-3-6-12(17)19-7-8/h3-7,11,20H,2H2,1H3. The number of hydrogen-bond acceptors (Lipinski definition) is 3. The third-order valence-electron chi connectivity index (χ3n) is 3.08. The number of ketones is 1. The summed E-state index contributed by atoms with van der Waals surface area (Å²) in [7, 11) is 0. The summed E-state index contributed by atoms with van der Waals surface area (Å²) in [6, 6.07) is 5.65. The minimum Gasteiger partial charge on any atom is -0.388 e. The van der Waals surface area contributed by atoms with Crippen molar-refractivity contribution in [3.05, 3.63) is 63.1 Å². The van der Waals surface area contributed by atoms with Crippen LogP contribution in [0.1, 0.15) is 40.9 Å². The van der Waals surface area contributed by atoms with E-state index in [0.717, 1.165) is 0 Å². The van der Waals surface area contributed by atoms with Gasteiger partial charge in [-0.25, -0.2) is 9.37 Å². The third kappa shape index (κ3) is 3.23. The second-order valence-electron chi connectivity index (χ2n) is 4.45. The van der Waals surface area contributed by atoms with Gasteiger partial charge in [0.05, 0.1) is 16.7 Å². The van der Waals surface area contributed by atoms with E-state index in [-0.39, 0.29) is 26.9 Å². The van der Waals surface area contributed by atoms with Crippen LogP contribution in [0.5, 0.6) is 0 Å². The van der Waals surface area contributed by atoms with Gasteiger partial charge in [-0.05, 0) is 24.6 Å². The van der Waals surface area contributed by atoms with E-state index in [4.69, 9.17) is 23.2 Å². The Hall–Kier alpha value is -1.49. The monoisotopic (exact) mass is 327 g/mol. The number of halogens is 3. The molecule has 2 rings (SSSR count). The first-order valence-corrected chi connectivity index (χ1v) is 7.03. The zero-order valence-electron chi connectivity index (χ0n) is 11.1. The van der Waals surface area contributed by atoms with Crippen molar-refractivity contribution in [3.63, 3.8) is 0 Å². The van der Waals surface area contributed by atoms with Gasteiger partial charge in [0.25, 0.3) is 0 Å². The van der Waals surface area contributed by atoms with Crippen molar-refractivity contribution in [1.29, 1.82) is 0 Å². The van der Waals surface area contributed by atoms with Gasteiger partial charge in [0, 0.05) is 17.3 Å². The van der Waals surface area contributed by atoms with E-state index in [1.807, 2.05) is 0 Å². The Balaban J connectivity index is 2.52. The molecule has 0 bridgehead atoms. The van der Waals surface area contributed by atoms with Crippen molar-refractivity contribution in [2.45, 2.75) is 19.4 Å². The molecule has 1 aromatic carbocycles. The first-order chi connectivity index (χ1) is 9.95. The van der Waals surface area contributed by atoms with Crippen LogP contribution in [0.3, 0.4) is 0 Å². The summed E-state index contributed by atoms with van der Waals surface area (Å²) in [4.78, 5) is 16.2. The van der Waals surface area contributed by atoms with Crippen molar-refractivity contribution in [3.8, 4) is 0 Å². The molecule has 6 heteroatoms. The summed E-state index contributed by atoms with van der Waals surface area (Å²) >= 11 is 11.6. The van der Waals surface area contributed by atoms with Crippen LogP contribution in [-0.4, -0.2) is 15.9 Å². The Morgan fingerprint density at radius 2 is 2.05 bits per heavy atom. The summed E-state index contributed by atoms with van der Waals surface area (Å²) < 4.78 is 14.5. The Labute approximate surface area is 131 Å². The summed E-state index contributed by atoms with van der Waals surface area (Å²) in [5.74, 6) is -1.41. The van der Waals surface area contributed by atoms with Gasteiger partial charge in [-0.2, -0.15) is 0 Å². The number of carbonyl (C=O) groups is 1. The second kappa shape index (κ2) is 6.52. The number of benzene rings is 1. The highest BCUT2D eigenvalue weighted by Crippen LogP contribution is 2.29. The van der Waals surface area contributed by atoms with Crippen LogP contribution in [0, 0.1) is 5.82 Å². The molecule has 2 aromatic rings. The van der Waals surface area contributed by atoms with Crippen molar-refractivity contribution >= 4 is 29.0 Å². The number of hydrogen-bond donors (Lipinski definition) is 1. The van der Waals surface area contributed by atoms with E-state index in [1.54, 1.807) is 6.92 Å². The molecule has 110 valence electrons. The van der Waals surface area contributed by atoms with Gasteiger partial charge in [-0.1, -0.05) is 36.2 Å². The zero-order valence-corrected chi connectivity index (χ0v) is 12.6. The molecule has 21 heavy (non-hydrogen) atoms. The fourth-order valence-electron chi connectivity index (χ4n) is 1.91. The summed E-state index contributed by atoms with van der Waals surface area (Å²) in [5.41, 5.74) is -0.0544. The molecule has 0 aliphatic carbocycles. The molecular formula is C15H12Cl2FNO2. The zero-order chi connectivity index (χ0) is 15.6. The lowest BCUT2D eigenvalue weighted by atomic mass is 9.98. The van der Waals surface area contributed by atoms with Crippen LogP contribution in [0.25, 0.3) is 0 Å². The molecule has 0 amide bonds. The average Bonchev–Trinajstić information content (AvgIpc) is 2.47. The van der Waals surface area contributed by atoms with Crippen LogP contribution < -0.4 is 0 Å². The number of rotatable bonds is 4. The normalized spacial score (nSPS) is 12.2. The molecule has 1 heterocycles. The summed E-state index contributed by atoms with van der Waals surface area (Å²) in [5, 5.41) is 10.0. The average molecular weight is 328 g/mol. The molecule has 1 atom stereocenters. The van der Waals surface area contributed by atoms with E-state index in [9.17, 15) is 14.3 Å². The third-order valence-corrected chi connectivity index (χ3v) is 3.62. The predicted octanol–water partition coefficient (Wildman–Crippen LogP) is 4.20. The molecule has 1 aromatic heterocycles. The maximum absolute atomic E-state index is 14.5. The fourth-order valence-corrected chi connectivity index (χ4v) is 2.25. The highest BCUT2D eigenvalue weighted by molar-refractivity contribution is 6.35. The van der Waals surface area contributed by atoms with Crippen LogP contribution in [0.2, 0.25) is 10.2 Å². The minimum absolute atomic E-state index is 0.0143. The van der Waals surface area contributed by atoms with E-state index < -0.39 is 17.7 Å². The molecule has 0 aliphatic heterocycles. The highest BCUT2D eigenvalue weighted by atomic mass is 35.5. The van der Waals surface area contributed by atoms with Crippen LogP contribution >= 0.6 is 23.2 Å². The summed E-state index contributed by atoms with van der Waals surface area (Å²) in [6.07, 6.45) is 0.593. The molecule has 0 saturated carbocycles. The lowest BCUT2D eigenvalue weighted by Crippen LogP contribution is -2.10. The molecule has 0 saturated heterocycles. The van der Waals surface area contributed by atoms with E-state index in [1.165, 1.54) is 30.5 Å².